The van der Waals surface area contributed by atoms with Gasteiger partial charge in [0.2, 0.25) is 0 Å². The first-order chi connectivity index (χ1) is 9.97. The number of hydrogen-bond donors (Lipinski definition) is 1. The molecule has 0 amide bonds. The molecule has 1 unspecified atom stereocenters. The Morgan fingerprint density at radius 1 is 1.43 bits per heavy atom. The lowest BCUT2D eigenvalue weighted by Gasteiger charge is -2.18. The molecule has 1 heterocycles. The van der Waals surface area contributed by atoms with Gasteiger partial charge < -0.3 is 5.32 Å². The van der Waals surface area contributed by atoms with E-state index in [9.17, 15) is 4.39 Å². The Hall–Kier alpha value is -1.39. The van der Waals surface area contributed by atoms with Crippen LogP contribution in [0, 0.1) is 12.7 Å². The number of nitrogens with zero attached hydrogens (tertiary/aromatic N) is 2. The maximum Gasteiger partial charge on any atom is 0.128 e. The first kappa shape index (κ1) is 16.0. The van der Waals surface area contributed by atoms with Crippen molar-refractivity contribution >= 4 is 11.6 Å². The van der Waals surface area contributed by atoms with Gasteiger partial charge in [0.15, 0.2) is 0 Å². The molecule has 1 aromatic heterocycles. The molecule has 2 rings (SSSR count). The van der Waals surface area contributed by atoms with Gasteiger partial charge in [-0.3, -0.25) is 4.68 Å². The Bertz CT molecular complexity index is 637. The van der Waals surface area contributed by atoms with Gasteiger partial charge in [0, 0.05) is 25.1 Å². The summed E-state index contributed by atoms with van der Waals surface area (Å²) in [7, 11) is 3.70. The topological polar surface area (TPSA) is 29.9 Å². The fourth-order valence-corrected chi connectivity index (χ4v) is 2.89. The minimum atomic E-state index is -0.191. The number of halogens is 2. The molecule has 5 heteroatoms. The number of nitrogens with one attached hydrogen (secondary N) is 1. The summed E-state index contributed by atoms with van der Waals surface area (Å²) in [6.45, 7) is 3.90. The van der Waals surface area contributed by atoms with Crippen molar-refractivity contribution in [2.24, 2.45) is 7.05 Å². The van der Waals surface area contributed by atoms with Crippen LogP contribution in [-0.2, 0) is 19.9 Å². The lowest BCUT2D eigenvalue weighted by Crippen LogP contribution is -2.21. The second-order valence-corrected chi connectivity index (χ2v) is 5.63. The molecule has 1 aromatic carbocycles. The Morgan fingerprint density at radius 3 is 2.67 bits per heavy atom. The summed E-state index contributed by atoms with van der Waals surface area (Å²) >= 11 is 6.38. The molecule has 0 spiro atoms. The van der Waals surface area contributed by atoms with Crippen LogP contribution in [0.25, 0.3) is 0 Å². The van der Waals surface area contributed by atoms with Crippen molar-refractivity contribution in [3.8, 4) is 0 Å². The molecule has 0 aliphatic carbocycles. The average molecular weight is 310 g/mol. The molecule has 114 valence electrons. The number of rotatable bonds is 5. The molecule has 0 aliphatic heterocycles. The Kier molecular flexibility index (Phi) is 5.01. The molecular formula is C16H21ClFN3. The summed E-state index contributed by atoms with van der Waals surface area (Å²) < 4.78 is 16.0. The first-order valence-electron chi connectivity index (χ1n) is 7.11. The van der Waals surface area contributed by atoms with E-state index in [4.69, 9.17) is 11.6 Å². The Labute approximate surface area is 130 Å². The van der Waals surface area contributed by atoms with Crippen LogP contribution < -0.4 is 5.32 Å². The first-order valence-corrected chi connectivity index (χ1v) is 7.49. The largest absolute Gasteiger partial charge is 0.313 e. The molecule has 0 radical (unpaired) electrons. The molecule has 1 atom stereocenters. The number of hydrogen-bond acceptors (Lipinski definition) is 2. The smallest absolute Gasteiger partial charge is 0.128 e. The number of aromatic nitrogens is 2. The van der Waals surface area contributed by atoms with E-state index < -0.39 is 0 Å². The average Bonchev–Trinajstić information content (AvgIpc) is 2.72. The van der Waals surface area contributed by atoms with Crippen molar-refractivity contribution in [2.75, 3.05) is 7.05 Å². The van der Waals surface area contributed by atoms with E-state index in [1.54, 1.807) is 10.7 Å². The van der Waals surface area contributed by atoms with E-state index in [2.05, 4.69) is 10.4 Å². The van der Waals surface area contributed by atoms with Gasteiger partial charge in [-0.2, -0.15) is 5.10 Å². The van der Waals surface area contributed by atoms with Crippen molar-refractivity contribution in [3.63, 3.8) is 0 Å². The minimum Gasteiger partial charge on any atom is -0.313 e. The highest BCUT2D eigenvalue weighted by molar-refractivity contribution is 6.31. The van der Waals surface area contributed by atoms with Crippen LogP contribution in [0.2, 0.25) is 5.02 Å². The predicted octanol–water partition coefficient (Wildman–Crippen LogP) is 3.59. The van der Waals surface area contributed by atoms with Gasteiger partial charge in [-0.05, 0) is 32.0 Å². The van der Waals surface area contributed by atoms with Crippen molar-refractivity contribution in [1.29, 1.82) is 0 Å². The van der Waals surface area contributed by atoms with Gasteiger partial charge in [-0.25, -0.2) is 4.39 Å². The fraction of sp³-hybridized carbons (Fsp3) is 0.438. The van der Waals surface area contributed by atoms with Crippen molar-refractivity contribution in [1.82, 2.24) is 15.1 Å². The third kappa shape index (κ3) is 3.27. The van der Waals surface area contributed by atoms with E-state index >= 15 is 0 Å². The maximum atomic E-state index is 14.2. The lowest BCUT2D eigenvalue weighted by molar-refractivity contribution is 0.519. The van der Waals surface area contributed by atoms with Gasteiger partial charge in [0.05, 0.1) is 16.4 Å². The molecule has 21 heavy (non-hydrogen) atoms. The van der Waals surface area contributed by atoms with Crippen LogP contribution in [0.3, 0.4) is 0 Å². The van der Waals surface area contributed by atoms with Gasteiger partial charge in [0.1, 0.15) is 5.82 Å². The summed E-state index contributed by atoms with van der Waals surface area (Å²) in [6, 6.07) is 5.17. The van der Waals surface area contributed by atoms with Crippen LogP contribution >= 0.6 is 11.6 Å². The van der Waals surface area contributed by atoms with Crippen molar-refractivity contribution < 1.29 is 4.39 Å². The molecule has 0 fully saturated rings. The molecule has 2 aromatic rings. The van der Waals surface area contributed by atoms with Crippen LogP contribution in [0.1, 0.15) is 35.5 Å². The summed E-state index contributed by atoms with van der Waals surface area (Å²) in [6.07, 6.45) is 1.38. The molecule has 0 aliphatic rings. The monoisotopic (exact) mass is 309 g/mol. The van der Waals surface area contributed by atoms with Crippen molar-refractivity contribution in [3.05, 3.63) is 51.6 Å². The standard InChI is InChI=1S/C16H21ClFN3/c1-5-13-16(17)15(21(4)20-13)9-14(19-3)11-7-6-10(2)8-12(11)18/h6-8,14,19H,5,9H2,1-4H3. The second-order valence-electron chi connectivity index (χ2n) is 5.25. The van der Waals surface area contributed by atoms with E-state index in [1.165, 1.54) is 0 Å². The number of benzene rings is 1. The summed E-state index contributed by atoms with van der Waals surface area (Å²) in [4.78, 5) is 0. The maximum absolute atomic E-state index is 14.2. The zero-order valence-corrected chi connectivity index (χ0v) is 13.6. The highest BCUT2D eigenvalue weighted by Gasteiger charge is 2.20. The van der Waals surface area contributed by atoms with Gasteiger partial charge in [-0.1, -0.05) is 30.7 Å². The minimum absolute atomic E-state index is 0.136. The zero-order valence-electron chi connectivity index (χ0n) is 12.9. The molecular weight excluding hydrogens is 289 g/mol. The van der Waals surface area contributed by atoms with Crippen LogP contribution in [0.4, 0.5) is 4.39 Å². The Morgan fingerprint density at radius 2 is 2.14 bits per heavy atom. The van der Waals surface area contributed by atoms with Gasteiger partial charge in [-0.15, -0.1) is 0 Å². The highest BCUT2D eigenvalue weighted by Crippen LogP contribution is 2.27. The Balaban J connectivity index is 2.33. The molecule has 0 saturated heterocycles. The third-order valence-corrected chi connectivity index (χ3v) is 4.22. The van der Waals surface area contributed by atoms with Crippen LogP contribution in [-0.4, -0.2) is 16.8 Å². The lowest BCUT2D eigenvalue weighted by atomic mass is 10.00. The van der Waals surface area contributed by atoms with Crippen LogP contribution in [0.5, 0.6) is 0 Å². The van der Waals surface area contributed by atoms with Gasteiger partial charge >= 0.3 is 0 Å². The number of aryl methyl sites for hydroxylation is 3. The summed E-state index contributed by atoms with van der Waals surface area (Å²) in [5.41, 5.74) is 3.37. The third-order valence-electron chi connectivity index (χ3n) is 3.78. The van der Waals surface area contributed by atoms with E-state index in [-0.39, 0.29) is 11.9 Å². The number of likely N-dealkylation sites (N-methyl/N-ethyl adjacent to an activating group) is 1. The van der Waals surface area contributed by atoms with E-state index in [0.29, 0.717) is 17.0 Å². The SMILES string of the molecule is CCc1nn(C)c(CC(NC)c2ccc(C)cc2F)c1Cl. The van der Waals surface area contributed by atoms with Gasteiger partial charge in [0.25, 0.3) is 0 Å². The molecule has 0 bridgehead atoms. The fourth-order valence-electron chi connectivity index (χ4n) is 2.52. The van der Waals surface area contributed by atoms with Crippen LogP contribution in [0.15, 0.2) is 18.2 Å². The van der Waals surface area contributed by atoms with Crippen molar-refractivity contribution in [2.45, 2.75) is 32.7 Å². The molecule has 0 saturated carbocycles. The molecule has 1 N–H and O–H groups in total. The molecule has 3 nitrogen and oxygen atoms in total. The van der Waals surface area contributed by atoms with E-state index in [1.807, 2.05) is 40.1 Å². The zero-order chi connectivity index (χ0) is 15.6. The second kappa shape index (κ2) is 6.58. The predicted molar refractivity (Wildman–Crippen MR) is 84.2 cm³/mol. The summed E-state index contributed by atoms with van der Waals surface area (Å²) in [5, 5.41) is 8.27. The quantitative estimate of drug-likeness (QED) is 0.915. The van der Waals surface area contributed by atoms with E-state index in [0.717, 1.165) is 23.4 Å². The highest BCUT2D eigenvalue weighted by atomic mass is 35.5. The normalized spacial score (nSPS) is 12.7. The summed E-state index contributed by atoms with van der Waals surface area (Å²) in [5.74, 6) is -0.191.